The third-order valence-corrected chi connectivity index (χ3v) is 2.89. The zero-order valence-corrected chi connectivity index (χ0v) is 11.6. The maximum Gasteiger partial charge on any atom is 0.242 e. The molecule has 0 aliphatic heterocycles. The van der Waals surface area contributed by atoms with Gasteiger partial charge in [-0.25, -0.2) is 4.98 Å². The van der Waals surface area contributed by atoms with Crippen molar-refractivity contribution in [2.24, 2.45) is 0 Å². The van der Waals surface area contributed by atoms with Crippen LogP contribution in [0.25, 0.3) is 0 Å². The lowest BCUT2D eigenvalue weighted by Gasteiger charge is -2.13. The first-order chi connectivity index (χ1) is 9.76. The molecule has 2 rings (SSSR count). The largest absolute Gasteiger partial charge is 0.479 e. The van der Waals surface area contributed by atoms with E-state index in [4.69, 9.17) is 15.2 Å². The molecule has 0 radical (unpaired) electrons. The molecule has 0 aliphatic carbocycles. The van der Waals surface area contributed by atoms with Gasteiger partial charge in [-0.15, -0.1) is 0 Å². The molecule has 0 fully saturated rings. The highest BCUT2D eigenvalue weighted by atomic mass is 16.5. The van der Waals surface area contributed by atoms with Crippen molar-refractivity contribution >= 4 is 17.2 Å². The normalized spacial score (nSPS) is 10.3. The van der Waals surface area contributed by atoms with E-state index in [0.29, 0.717) is 24.0 Å². The van der Waals surface area contributed by atoms with Crippen LogP contribution in [0.4, 0.5) is 17.2 Å². The molecule has 1 heterocycles. The monoisotopic (exact) mass is 274 g/mol. The van der Waals surface area contributed by atoms with Gasteiger partial charge < -0.3 is 20.5 Å². The Morgan fingerprint density at radius 2 is 2.00 bits per heavy atom. The van der Waals surface area contributed by atoms with Gasteiger partial charge >= 0.3 is 0 Å². The molecule has 3 N–H and O–H groups in total. The van der Waals surface area contributed by atoms with Gasteiger partial charge in [-0.05, 0) is 18.1 Å². The smallest absolute Gasteiger partial charge is 0.242 e. The minimum absolute atomic E-state index is 0.358. The summed E-state index contributed by atoms with van der Waals surface area (Å²) in [5.41, 5.74) is 8.41. The topological polar surface area (TPSA) is 82.3 Å². The van der Waals surface area contributed by atoms with Crippen LogP contribution >= 0.6 is 0 Å². The van der Waals surface area contributed by atoms with Gasteiger partial charge in [-0.1, -0.05) is 18.2 Å². The number of nitrogens with two attached hydrogens (primary N) is 1. The van der Waals surface area contributed by atoms with Crippen molar-refractivity contribution in [1.29, 1.82) is 0 Å². The summed E-state index contributed by atoms with van der Waals surface area (Å²) in [6.07, 6.45) is 2.22. The molecular formula is C14H18N4O2. The highest BCUT2D eigenvalue weighted by Gasteiger charge is 2.10. The number of nitrogen functional groups attached to an aromatic ring is 1. The molecule has 1 aromatic carbocycles. The first-order valence-electron chi connectivity index (χ1n) is 6.24. The molecule has 20 heavy (non-hydrogen) atoms. The van der Waals surface area contributed by atoms with Crippen molar-refractivity contribution < 1.29 is 9.47 Å². The Bertz CT molecular complexity index is 575. The second kappa shape index (κ2) is 6.72. The lowest BCUT2D eigenvalue weighted by atomic mass is 10.1. The number of para-hydroxylation sites is 1. The first-order valence-corrected chi connectivity index (χ1v) is 6.24. The molecule has 0 saturated heterocycles. The van der Waals surface area contributed by atoms with Crippen molar-refractivity contribution in [3.8, 4) is 5.88 Å². The molecular weight excluding hydrogens is 256 g/mol. The van der Waals surface area contributed by atoms with Gasteiger partial charge in [0.25, 0.3) is 0 Å². The number of nitrogens with zero attached hydrogens (tertiary/aromatic N) is 2. The van der Waals surface area contributed by atoms with Gasteiger partial charge in [-0.2, -0.15) is 4.98 Å². The van der Waals surface area contributed by atoms with E-state index in [-0.39, 0.29) is 0 Å². The number of hydrogen-bond donors (Lipinski definition) is 2. The van der Waals surface area contributed by atoms with Gasteiger partial charge in [0.1, 0.15) is 12.0 Å². The fraction of sp³-hybridized carbons (Fsp3) is 0.286. The Kier molecular flexibility index (Phi) is 4.73. The third kappa shape index (κ3) is 3.16. The van der Waals surface area contributed by atoms with Crippen molar-refractivity contribution in [3.63, 3.8) is 0 Å². The SMILES string of the molecule is COCCc1ccccc1Nc1ncnc(OC)c1N. The Hall–Kier alpha value is -2.34. The highest BCUT2D eigenvalue weighted by molar-refractivity contribution is 5.73. The average molecular weight is 274 g/mol. The minimum atomic E-state index is 0.358. The minimum Gasteiger partial charge on any atom is -0.479 e. The lowest BCUT2D eigenvalue weighted by molar-refractivity contribution is 0.202. The van der Waals surface area contributed by atoms with Crippen LogP contribution < -0.4 is 15.8 Å². The number of aromatic nitrogens is 2. The van der Waals surface area contributed by atoms with Gasteiger partial charge in [0.2, 0.25) is 5.88 Å². The summed E-state index contributed by atoms with van der Waals surface area (Å²) in [5, 5.41) is 3.21. The van der Waals surface area contributed by atoms with E-state index in [1.807, 2.05) is 24.3 Å². The van der Waals surface area contributed by atoms with E-state index in [0.717, 1.165) is 17.7 Å². The summed E-state index contributed by atoms with van der Waals surface area (Å²) in [7, 11) is 3.21. The van der Waals surface area contributed by atoms with Gasteiger partial charge in [0.05, 0.1) is 13.7 Å². The van der Waals surface area contributed by atoms with E-state index in [1.54, 1.807) is 7.11 Å². The summed E-state index contributed by atoms with van der Waals surface area (Å²) in [6, 6.07) is 7.95. The van der Waals surface area contributed by atoms with Crippen molar-refractivity contribution in [1.82, 2.24) is 9.97 Å². The molecule has 6 nitrogen and oxygen atoms in total. The van der Waals surface area contributed by atoms with Crippen molar-refractivity contribution in [2.45, 2.75) is 6.42 Å². The Morgan fingerprint density at radius 1 is 1.20 bits per heavy atom. The second-order valence-corrected chi connectivity index (χ2v) is 4.17. The van der Waals surface area contributed by atoms with Crippen LogP contribution in [0.15, 0.2) is 30.6 Å². The van der Waals surface area contributed by atoms with E-state index < -0.39 is 0 Å². The summed E-state index contributed by atoms with van der Waals surface area (Å²) >= 11 is 0. The molecule has 0 unspecified atom stereocenters. The van der Waals surface area contributed by atoms with Crippen molar-refractivity contribution in [2.75, 3.05) is 31.9 Å². The van der Waals surface area contributed by atoms with Gasteiger partial charge in [0, 0.05) is 12.8 Å². The molecule has 106 valence electrons. The predicted octanol–water partition coefficient (Wildman–Crippen LogP) is 2.00. The van der Waals surface area contributed by atoms with Crippen LogP contribution in [0.3, 0.4) is 0 Å². The Labute approximate surface area is 118 Å². The highest BCUT2D eigenvalue weighted by Crippen LogP contribution is 2.28. The molecule has 0 spiro atoms. The van der Waals surface area contributed by atoms with Gasteiger partial charge in [-0.3, -0.25) is 0 Å². The number of nitrogens with one attached hydrogen (secondary N) is 1. The number of ether oxygens (including phenoxy) is 2. The number of anilines is 3. The van der Waals surface area contributed by atoms with Crippen LogP contribution in [0, 0.1) is 0 Å². The standard InChI is InChI=1S/C14H18N4O2/c1-19-8-7-10-5-3-4-6-11(10)18-13-12(15)14(20-2)17-9-16-13/h3-6,9H,7-8,15H2,1-2H3,(H,16,17,18). The molecule has 0 amide bonds. The molecule has 2 aromatic rings. The second-order valence-electron chi connectivity index (χ2n) is 4.17. The Balaban J connectivity index is 2.26. The van der Waals surface area contributed by atoms with Crippen molar-refractivity contribution in [3.05, 3.63) is 36.2 Å². The zero-order valence-electron chi connectivity index (χ0n) is 11.6. The van der Waals surface area contributed by atoms with Crippen LogP contribution in [0.1, 0.15) is 5.56 Å². The first kappa shape index (κ1) is 14.1. The quantitative estimate of drug-likeness (QED) is 0.838. The molecule has 1 aromatic heterocycles. The predicted molar refractivity (Wildman–Crippen MR) is 78.3 cm³/mol. The van der Waals surface area contributed by atoms with Crippen LogP contribution in [0.5, 0.6) is 5.88 Å². The number of hydrogen-bond acceptors (Lipinski definition) is 6. The number of methoxy groups -OCH3 is 2. The van der Waals surface area contributed by atoms with Crippen LogP contribution in [0.2, 0.25) is 0 Å². The van der Waals surface area contributed by atoms with Crippen LogP contribution in [-0.4, -0.2) is 30.8 Å². The molecule has 6 heteroatoms. The van der Waals surface area contributed by atoms with E-state index in [9.17, 15) is 0 Å². The van der Waals surface area contributed by atoms with E-state index >= 15 is 0 Å². The number of rotatable bonds is 6. The fourth-order valence-electron chi connectivity index (χ4n) is 1.84. The fourth-order valence-corrected chi connectivity index (χ4v) is 1.84. The third-order valence-electron chi connectivity index (χ3n) is 2.89. The van der Waals surface area contributed by atoms with E-state index in [1.165, 1.54) is 13.4 Å². The van der Waals surface area contributed by atoms with E-state index in [2.05, 4.69) is 15.3 Å². The molecule has 0 atom stereocenters. The summed E-state index contributed by atoms with van der Waals surface area (Å²) in [6.45, 7) is 0.654. The number of benzene rings is 1. The summed E-state index contributed by atoms with van der Waals surface area (Å²) in [5.74, 6) is 0.888. The van der Waals surface area contributed by atoms with Crippen LogP contribution in [-0.2, 0) is 11.2 Å². The Morgan fingerprint density at radius 3 is 2.75 bits per heavy atom. The zero-order chi connectivity index (χ0) is 14.4. The molecule has 0 aliphatic rings. The van der Waals surface area contributed by atoms with Gasteiger partial charge in [0.15, 0.2) is 5.82 Å². The summed E-state index contributed by atoms with van der Waals surface area (Å²) in [4.78, 5) is 8.10. The molecule has 0 bridgehead atoms. The summed E-state index contributed by atoms with van der Waals surface area (Å²) < 4.78 is 10.2. The maximum atomic E-state index is 5.95. The molecule has 0 saturated carbocycles. The average Bonchev–Trinajstić information content (AvgIpc) is 2.48. The maximum absolute atomic E-state index is 5.95. The lowest BCUT2D eigenvalue weighted by Crippen LogP contribution is -2.05.